The lowest BCUT2D eigenvalue weighted by Crippen LogP contribution is -2.44. The van der Waals surface area contributed by atoms with Gasteiger partial charge in [-0.1, -0.05) is 54.6 Å². The third-order valence-corrected chi connectivity index (χ3v) is 5.84. The van der Waals surface area contributed by atoms with Gasteiger partial charge in [0.05, 0.1) is 10.2 Å². The van der Waals surface area contributed by atoms with Gasteiger partial charge in [0.25, 0.3) is 5.91 Å². The molecule has 1 aromatic heterocycles. The highest BCUT2D eigenvalue weighted by molar-refractivity contribution is 7.18. The first-order chi connectivity index (χ1) is 13.5. The molecule has 0 fully saturated rings. The van der Waals surface area contributed by atoms with E-state index in [9.17, 15) is 10.0 Å². The zero-order valence-corrected chi connectivity index (χ0v) is 16.4. The maximum atomic E-state index is 12.9. The maximum absolute atomic E-state index is 12.9. The number of thiazole rings is 1. The zero-order valence-electron chi connectivity index (χ0n) is 15.6. The molecule has 0 saturated carbocycles. The van der Waals surface area contributed by atoms with Gasteiger partial charge < -0.3 is 4.74 Å². The van der Waals surface area contributed by atoms with Gasteiger partial charge in [-0.05, 0) is 29.8 Å². The Morgan fingerprint density at radius 2 is 1.82 bits per heavy atom. The summed E-state index contributed by atoms with van der Waals surface area (Å²) >= 11 is 1.53. The van der Waals surface area contributed by atoms with Crippen LogP contribution in [0.2, 0.25) is 0 Å². The number of hydroxylamine groups is 2. The molecule has 1 N–H and O–H groups in total. The SMILES string of the molecule is CN(O)C(=O)C(C)(OCc1nc2ccccc2s1)c1cccc2ccccc12. The minimum atomic E-state index is -1.36. The average molecular weight is 392 g/mol. The molecule has 0 saturated heterocycles. The van der Waals surface area contributed by atoms with Crippen molar-refractivity contribution in [2.75, 3.05) is 7.05 Å². The van der Waals surface area contributed by atoms with E-state index in [-0.39, 0.29) is 6.61 Å². The smallest absolute Gasteiger partial charge is 0.282 e. The molecule has 1 unspecified atom stereocenters. The highest BCUT2D eigenvalue weighted by atomic mass is 32.1. The van der Waals surface area contributed by atoms with Gasteiger partial charge in [0.15, 0.2) is 5.60 Å². The standard InChI is InChI=1S/C22H20N2O3S/c1-22(21(25)24(2)26,17-11-7-9-15-8-3-4-10-16(15)17)27-14-20-23-18-12-5-6-13-19(18)28-20/h3-13,26H,14H2,1-2H3. The van der Waals surface area contributed by atoms with Gasteiger partial charge >= 0.3 is 0 Å². The van der Waals surface area contributed by atoms with Gasteiger partial charge in [-0.15, -0.1) is 11.3 Å². The molecule has 5 nitrogen and oxygen atoms in total. The van der Waals surface area contributed by atoms with Crippen LogP contribution in [-0.2, 0) is 21.7 Å². The largest absolute Gasteiger partial charge is 0.353 e. The molecule has 0 aliphatic heterocycles. The fourth-order valence-corrected chi connectivity index (χ4v) is 4.27. The predicted octanol–water partition coefficient (Wildman–Crippen LogP) is 4.73. The number of fused-ring (bicyclic) bond motifs is 2. The normalized spacial score (nSPS) is 13.5. The molecule has 0 radical (unpaired) electrons. The van der Waals surface area contributed by atoms with E-state index >= 15 is 0 Å². The number of likely N-dealkylation sites (N-methyl/N-ethyl adjacent to an activating group) is 1. The number of aromatic nitrogens is 1. The molecule has 4 rings (SSSR count). The van der Waals surface area contributed by atoms with E-state index in [0.717, 1.165) is 26.0 Å². The van der Waals surface area contributed by atoms with Crippen LogP contribution in [0.3, 0.4) is 0 Å². The first-order valence-corrected chi connectivity index (χ1v) is 9.74. The Kier molecular flexibility index (Phi) is 4.85. The van der Waals surface area contributed by atoms with Gasteiger partial charge in [0.2, 0.25) is 0 Å². The third kappa shape index (κ3) is 3.26. The van der Waals surface area contributed by atoms with Crippen molar-refractivity contribution < 1.29 is 14.7 Å². The topological polar surface area (TPSA) is 62.7 Å². The molecule has 0 aliphatic rings. The summed E-state index contributed by atoms with van der Waals surface area (Å²) in [5.74, 6) is -0.537. The molecule has 6 heteroatoms. The number of nitrogens with zero attached hydrogens (tertiary/aromatic N) is 2. The van der Waals surface area contributed by atoms with E-state index in [1.54, 1.807) is 6.92 Å². The number of para-hydroxylation sites is 1. The Bertz CT molecular complexity index is 1120. The Balaban J connectivity index is 1.74. The molecule has 142 valence electrons. The summed E-state index contributed by atoms with van der Waals surface area (Å²) in [5.41, 5.74) is 0.253. The molecule has 28 heavy (non-hydrogen) atoms. The van der Waals surface area contributed by atoms with Gasteiger partial charge in [-0.2, -0.15) is 0 Å². The molecule has 0 aliphatic carbocycles. The lowest BCUT2D eigenvalue weighted by Gasteiger charge is -2.31. The van der Waals surface area contributed by atoms with Crippen LogP contribution in [0.25, 0.3) is 21.0 Å². The number of hydrogen-bond acceptors (Lipinski definition) is 5. The van der Waals surface area contributed by atoms with Gasteiger partial charge in [0.1, 0.15) is 11.6 Å². The highest BCUT2D eigenvalue weighted by Crippen LogP contribution is 2.35. The highest BCUT2D eigenvalue weighted by Gasteiger charge is 2.40. The lowest BCUT2D eigenvalue weighted by atomic mass is 9.89. The Labute approximate surface area is 166 Å². The lowest BCUT2D eigenvalue weighted by molar-refractivity contribution is -0.187. The van der Waals surface area contributed by atoms with Crippen molar-refractivity contribution in [1.29, 1.82) is 0 Å². The second-order valence-electron chi connectivity index (χ2n) is 6.75. The molecule has 4 aromatic rings. The first-order valence-electron chi connectivity index (χ1n) is 8.93. The Morgan fingerprint density at radius 3 is 2.61 bits per heavy atom. The summed E-state index contributed by atoms with van der Waals surface area (Å²) in [6.07, 6.45) is 0. The van der Waals surface area contributed by atoms with Crippen LogP contribution in [0.4, 0.5) is 0 Å². The average Bonchev–Trinajstić information content (AvgIpc) is 3.14. The number of ether oxygens (including phenoxy) is 1. The molecule has 1 atom stereocenters. The molecule has 0 spiro atoms. The summed E-state index contributed by atoms with van der Waals surface area (Å²) in [6, 6.07) is 21.4. The summed E-state index contributed by atoms with van der Waals surface area (Å²) in [5, 5.41) is 13.2. The quantitative estimate of drug-likeness (QED) is 0.394. The van der Waals surface area contributed by atoms with Gasteiger partial charge in [0, 0.05) is 12.6 Å². The number of carbonyl (C=O) groups excluding carboxylic acids is 1. The van der Waals surface area contributed by atoms with E-state index in [1.807, 2.05) is 66.7 Å². The summed E-state index contributed by atoms with van der Waals surface area (Å²) < 4.78 is 7.23. The van der Waals surface area contributed by atoms with Crippen LogP contribution in [-0.4, -0.2) is 28.2 Å². The molecular formula is C22H20N2O3S. The van der Waals surface area contributed by atoms with Crippen LogP contribution < -0.4 is 0 Å². The van der Waals surface area contributed by atoms with Crippen LogP contribution in [0.15, 0.2) is 66.7 Å². The second kappa shape index (κ2) is 7.31. The number of benzene rings is 3. The predicted molar refractivity (Wildman–Crippen MR) is 110 cm³/mol. The molecule has 1 heterocycles. The number of hydrogen-bond donors (Lipinski definition) is 1. The van der Waals surface area contributed by atoms with E-state index in [1.165, 1.54) is 18.4 Å². The minimum Gasteiger partial charge on any atom is -0.353 e. The monoisotopic (exact) mass is 392 g/mol. The van der Waals surface area contributed by atoms with Crippen LogP contribution >= 0.6 is 11.3 Å². The third-order valence-electron chi connectivity index (χ3n) is 4.83. The van der Waals surface area contributed by atoms with Crippen molar-refractivity contribution in [2.24, 2.45) is 0 Å². The van der Waals surface area contributed by atoms with Crippen LogP contribution in [0.1, 0.15) is 17.5 Å². The number of amides is 1. The minimum absolute atomic E-state index is 0.165. The van der Waals surface area contributed by atoms with Crippen molar-refractivity contribution in [3.63, 3.8) is 0 Å². The molecular weight excluding hydrogens is 372 g/mol. The van der Waals surface area contributed by atoms with Crippen molar-refractivity contribution in [1.82, 2.24) is 10.0 Å². The second-order valence-corrected chi connectivity index (χ2v) is 7.87. The summed E-state index contributed by atoms with van der Waals surface area (Å²) in [4.78, 5) is 17.5. The van der Waals surface area contributed by atoms with E-state index in [2.05, 4.69) is 4.98 Å². The molecule has 0 bridgehead atoms. The fraction of sp³-hybridized carbons (Fsp3) is 0.182. The van der Waals surface area contributed by atoms with Crippen LogP contribution in [0.5, 0.6) is 0 Å². The number of rotatable bonds is 5. The van der Waals surface area contributed by atoms with Crippen molar-refractivity contribution in [3.8, 4) is 0 Å². The zero-order chi connectivity index (χ0) is 19.7. The van der Waals surface area contributed by atoms with E-state index in [0.29, 0.717) is 10.6 Å². The Hall–Kier alpha value is -2.80. The summed E-state index contributed by atoms with van der Waals surface area (Å²) in [7, 11) is 1.31. The van der Waals surface area contributed by atoms with Crippen molar-refractivity contribution in [3.05, 3.63) is 77.3 Å². The van der Waals surface area contributed by atoms with Crippen LogP contribution in [0, 0.1) is 0 Å². The molecule has 3 aromatic carbocycles. The van der Waals surface area contributed by atoms with Crippen molar-refractivity contribution >= 4 is 38.2 Å². The van der Waals surface area contributed by atoms with E-state index in [4.69, 9.17) is 4.74 Å². The Morgan fingerprint density at radius 1 is 1.11 bits per heavy atom. The summed E-state index contributed by atoms with van der Waals surface area (Å²) in [6.45, 7) is 1.86. The molecule has 1 amide bonds. The first kappa shape index (κ1) is 18.6. The van der Waals surface area contributed by atoms with Gasteiger partial charge in [-0.3, -0.25) is 10.0 Å². The maximum Gasteiger partial charge on any atom is 0.282 e. The van der Waals surface area contributed by atoms with Crippen molar-refractivity contribution in [2.45, 2.75) is 19.1 Å². The number of carbonyl (C=O) groups is 1. The van der Waals surface area contributed by atoms with Gasteiger partial charge in [-0.25, -0.2) is 10.0 Å². The fourth-order valence-electron chi connectivity index (χ4n) is 3.39. The van der Waals surface area contributed by atoms with E-state index < -0.39 is 11.5 Å².